The predicted octanol–water partition coefficient (Wildman–Crippen LogP) is 3.64. The maximum atomic E-state index is 13.6. The summed E-state index contributed by atoms with van der Waals surface area (Å²) in [4.78, 5) is 0. The van der Waals surface area contributed by atoms with E-state index in [-0.39, 0.29) is 12.4 Å². The molecule has 0 heterocycles. The van der Waals surface area contributed by atoms with Crippen molar-refractivity contribution >= 4 is 15.9 Å². The van der Waals surface area contributed by atoms with Gasteiger partial charge >= 0.3 is 0 Å². The second-order valence-corrected chi connectivity index (χ2v) is 6.03. The summed E-state index contributed by atoms with van der Waals surface area (Å²) in [6, 6.07) is 12.3. The lowest BCUT2D eigenvalue weighted by atomic mass is 10.2. The summed E-state index contributed by atoms with van der Waals surface area (Å²) in [5.74, 6) is 0.429. The predicted molar refractivity (Wildman–Crippen MR) is 88.3 cm³/mol. The standard InChI is InChI=1S/C17H19BrFNO2/c1-12(21)9-20-10-14-8-15(18)6-7-17(14)22-11-13-4-2-3-5-16(13)19/h2-8,12,20-21H,9-11H2,1H3. The highest BCUT2D eigenvalue weighted by Gasteiger charge is 2.07. The van der Waals surface area contributed by atoms with Gasteiger partial charge in [-0.1, -0.05) is 34.1 Å². The van der Waals surface area contributed by atoms with Gasteiger partial charge in [0.1, 0.15) is 18.2 Å². The molecule has 2 aromatic carbocycles. The van der Waals surface area contributed by atoms with Crippen LogP contribution in [-0.2, 0) is 13.2 Å². The molecule has 0 amide bonds. The number of aliphatic hydroxyl groups is 1. The highest BCUT2D eigenvalue weighted by molar-refractivity contribution is 9.10. The van der Waals surface area contributed by atoms with E-state index in [1.54, 1.807) is 25.1 Å². The second-order valence-electron chi connectivity index (χ2n) is 5.11. The van der Waals surface area contributed by atoms with Crippen LogP contribution in [0.25, 0.3) is 0 Å². The SMILES string of the molecule is CC(O)CNCc1cc(Br)ccc1OCc1ccccc1F. The molecule has 1 unspecified atom stereocenters. The van der Waals surface area contributed by atoms with E-state index in [0.717, 1.165) is 10.0 Å². The van der Waals surface area contributed by atoms with Crippen molar-refractivity contribution < 1.29 is 14.2 Å². The van der Waals surface area contributed by atoms with E-state index in [9.17, 15) is 9.50 Å². The zero-order valence-electron chi connectivity index (χ0n) is 12.4. The van der Waals surface area contributed by atoms with Crippen LogP contribution in [0, 0.1) is 5.82 Å². The molecule has 2 aromatic rings. The summed E-state index contributed by atoms with van der Waals surface area (Å²) in [5, 5.41) is 12.4. The summed E-state index contributed by atoms with van der Waals surface area (Å²) in [6.45, 7) is 2.97. The molecule has 0 aromatic heterocycles. The van der Waals surface area contributed by atoms with Crippen molar-refractivity contribution in [2.45, 2.75) is 26.2 Å². The lowest BCUT2D eigenvalue weighted by Gasteiger charge is -2.14. The van der Waals surface area contributed by atoms with Crippen molar-refractivity contribution in [2.75, 3.05) is 6.54 Å². The topological polar surface area (TPSA) is 41.5 Å². The molecule has 118 valence electrons. The molecule has 0 aliphatic rings. The van der Waals surface area contributed by atoms with Gasteiger partial charge in [0.05, 0.1) is 6.10 Å². The van der Waals surface area contributed by atoms with Gasteiger partial charge < -0.3 is 15.2 Å². The maximum absolute atomic E-state index is 13.6. The van der Waals surface area contributed by atoms with E-state index in [2.05, 4.69) is 21.2 Å². The zero-order chi connectivity index (χ0) is 15.9. The molecule has 2 N–H and O–H groups in total. The van der Waals surface area contributed by atoms with Crippen LogP contribution in [0.15, 0.2) is 46.9 Å². The second kappa shape index (κ2) is 8.27. The molecule has 0 fully saturated rings. The van der Waals surface area contributed by atoms with Gasteiger partial charge in [0.15, 0.2) is 0 Å². The molecule has 0 spiro atoms. The Morgan fingerprint density at radius 2 is 2.00 bits per heavy atom. The van der Waals surface area contributed by atoms with Crippen LogP contribution in [0.5, 0.6) is 5.75 Å². The highest BCUT2D eigenvalue weighted by Crippen LogP contribution is 2.24. The van der Waals surface area contributed by atoms with Crippen molar-refractivity contribution in [3.05, 3.63) is 63.9 Å². The number of halogens is 2. The summed E-state index contributed by atoms with van der Waals surface area (Å²) in [6.07, 6.45) is -0.407. The number of aliphatic hydroxyl groups excluding tert-OH is 1. The van der Waals surface area contributed by atoms with E-state index in [1.807, 2.05) is 18.2 Å². The minimum Gasteiger partial charge on any atom is -0.488 e. The highest BCUT2D eigenvalue weighted by atomic mass is 79.9. The molecule has 3 nitrogen and oxygen atoms in total. The smallest absolute Gasteiger partial charge is 0.129 e. The quantitative estimate of drug-likeness (QED) is 0.784. The largest absolute Gasteiger partial charge is 0.488 e. The monoisotopic (exact) mass is 367 g/mol. The van der Waals surface area contributed by atoms with E-state index in [0.29, 0.717) is 24.4 Å². The zero-order valence-corrected chi connectivity index (χ0v) is 13.9. The van der Waals surface area contributed by atoms with Crippen LogP contribution in [0.1, 0.15) is 18.1 Å². The first kappa shape index (κ1) is 16.9. The molecule has 0 saturated carbocycles. The van der Waals surface area contributed by atoms with Crippen molar-refractivity contribution in [1.82, 2.24) is 5.32 Å². The molecule has 22 heavy (non-hydrogen) atoms. The van der Waals surface area contributed by atoms with Crippen molar-refractivity contribution in [2.24, 2.45) is 0 Å². The number of ether oxygens (including phenoxy) is 1. The Bertz CT molecular complexity index is 619. The lowest BCUT2D eigenvalue weighted by Crippen LogP contribution is -2.24. The number of hydrogen-bond acceptors (Lipinski definition) is 3. The van der Waals surface area contributed by atoms with Gasteiger partial charge in [-0.05, 0) is 31.2 Å². The van der Waals surface area contributed by atoms with Crippen molar-refractivity contribution in [1.29, 1.82) is 0 Å². The van der Waals surface area contributed by atoms with E-state index in [4.69, 9.17) is 4.74 Å². The molecule has 0 aliphatic carbocycles. The Morgan fingerprint density at radius 1 is 1.23 bits per heavy atom. The van der Waals surface area contributed by atoms with Gasteiger partial charge in [-0.2, -0.15) is 0 Å². The van der Waals surface area contributed by atoms with Gasteiger partial charge in [-0.3, -0.25) is 0 Å². The lowest BCUT2D eigenvalue weighted by molar-refractivity contribution is 0.190. The first-order valence-electron chi connectivity index (χ1n) is 7.09. The van der Waals surface area contributed by atoms with Crippen LogP contribution in [0.4, 0.5) is 4.39 Å². The minimum atomic E-state index is -0.407. The summed E-state index contributed by atoms with van der Waals surface area (Å²) >= 11 is 3.43. The average Bonchev–Trinajstić information content (AvgIpc) is 2.47. The molecule has 5 heteroatoms. The molecule has 0 bridgehead atoms. The third-order valence-electron chi connectivity index (χ3n) is 3.12. The van der Waals surface area contributed by atoms with Gasteiger partial charge in [-0.25, -0.2) is 4.39 Å². The Hall–Kier alpha value is -1.43. The van der Waals surface area contributed by atoms with E-state index < -0.39 is 6.10 Å². The first-order chi connectivity index (χ1) is 10.6. The first-order valence-corrected chi connectivity index (χ1v) is 7.89. The fraction of sp³-hybridized carbons (Fsp3) is 0.294. The summed E-state index contributed by atoms with van der Waals surface area (Å²) < 4.78 is 20.3. The van der Waals surface area contributed by atoms with Crippen molar-refractivity contribution in [3.8, 4) is 5.75 Å². The number of benzene rings is 2. The molecule has 1 atom stereocenters. The Balaban J connectivity index is 2.05. The normalized spacial score (nSPS) is 12.2. The third-order valence-corrected chi connectivity index (χ3v) is 3.61. The fourth-order valence-corrected chi connectivity index (χ4v) is 2.42. The Labute approximate surface area is 138 Å². The molecular weight excluding hydrogens is 349 g/mol. The number of nitrogens with one attached hydrogen (secondary N) is 1. The Morgan fingerprint density at radius 3 is 2.73 bits per heavy atom. The van der Waals surface area contributed by atoms with Crippen LogP contribution in [0.3, 0.4) is 0 Å². The molecule has 0 aliphatic heterocycles. The Kier molecular flexibility index (Phi) is 6.36. The van der Waals surface area contributed by atoms with E-state index >= 15 is 0 Å². The molecule has 0 saturated heterocycles. The minimum absolute atomic E-state index is 0.178. The summed E-state index contributed by atoms with van der Waals surface area (Å²) in [5.41, 5.74) is 1.47. The van der Waals surface area contributed by atoms with Crippen LogP contribution in [-0.4, -0.2) is 17.8 Å². The van der Waals surface area contributed by atoms with Crippen molar-refractivity contribution in [3.63, 3.8) is 0 Å². The van der Waals surface area contributed by atoms with Gasteiger partial charge in [0.2, 0.25) is 0 Å². The van der Waals surface area contributed by atoms with Crippen LogP contribution >= 0.6 is 15.9 Å². The summed E-state index contributed by atoms with van der Waals surface area (Å²) in [7, 11) is 0. The molecular formula is C17H19BrFNO2. The third kappa shape index (κ3) is 5.09. The fourth-order valence-electron chi connectivity index (χ4n) is 2.01. The van der Waals surface area contributed by atoms with Gasteiger partial charge in [-0.15, -0.1) is 0 Å². The number of rotatable bonds is 7. The maximum Gasteiger partial charge on any atom is 0.129 e. The average molecular weight is 368 g/mol. The van der Waals surface area contributed by atoms with Gasteiger partial charge in [0, 0.05) is 28.7 Å². The molecule has 2 rings (SSSR count). The van der Waals surface area contributed by atoms with Gasteiger partial charge in [0.25, 0.3) is 0 Å². The van der Waals surface area contributed by atoms with E-state index in [1.165, 1.54) is 6.07 Å². The number of hydrogen-bond donors (Lipinski definition) is 2. The van der Waals surface area contributed by atoms with Crippen LogP contribution in [0.2, 0.25) is 0 Å². The molecule has 0 radical (unpaired) electrons. The van der Waals surface area contributed by atoms with Crippen LogP contribution < -0.4 is 10.1 Å².